The lowest BCUT2D eigenvalue weighted by Gasteiger charge is -2.20. The lowest BCUT2D eigenvalue weighted by atomic mass is 10.1. The predicted molar refractivity (Wildman–Crippen MR) is 65.8 cm³/mol. The average Bonchev–Trinajstić information content (AvgIpc) is 2.96. The summed E-state index contributed by atoms with van der Waals surface area (Å²) < 4.78 is 1.52. The van der Waals surface area contributed by atoms with Crippen LogP contribution in [0.25, 0.3) is 0 Å². The summed E-state index contributed by atoms with van der Waals surface area (Å²) in [5, 5.41) is 17.7. The molecule has 100 valence electrons. The predicted octanol–water partition coefficient (Wildman–Crippen LogP) is 0.689. The van der Waals surface area contributed by atoms with Crippen LogP contribution in [0.15, 0.2) is 6.20 Å². The van der Waals surface area contributed by atoms with Gasteiger partial charge in [0.05, 0.1) is 6.20 Å². The first-order chi connectivity index (χ1) is 8.39. The number of amides is 1. The minimum absolute atomic E-state index is 0.0692. The molecule has 1 N–H and O–H groups in total. The van der Waals surface area contributed by atoms with Gasteiger partial charge in [-0.15, -0.1) is 5.10 Å². The number of carbonyl (C=O) groups excluding carboxylic acids is 1. The highest BCUT2D eigenvalue weighted by Crippen LogP contribution is 2.19. The smallest absolute Gasteiger partial charge is 0.247 e. The average molecular weight is 252 g/mol. The molecule has 18 heavy (non-hydrogen) atoms. The highest BCUT2D eigenvalue weighted by Gasteiger charge is 2.27. The molecule has 1 aliphatic heterocycles. The molecule has 0 aliphatic carbocycles. The number of hydrogen-bond donors (Lipinski definition) is 1. The molecule has 0 spiro atoms. The SMILES string of the molecule is CC(C(=O)N1CCCC1)n1cc(C(C)(C)O)nn1. The van der Waals surface area contributed by atoms with Gasteiger partial charge in [-0.2, -0.15) is 0 Å². The van der Waals surface area contributed by atoms with Gasteiger partial charge >= 0.3 is 0 Å². The Morgan fingerprint density at radius 3 is 2.56 bits per heavy atom. The van der Waals surface area contributed by atoms with E-state index in [1.165, 1.54) is 4.68 Å². The third-order valence-corrected chi connectivity index (χ3v) is 3.31. The molecule has 1 aliphatic rings. The molecule has 0 aromatic carbocycles. The van der Waals surface area contributed by atoms with Gasteiger partial charge in [0.15, 0.2) is 0 Å². The summed E-state index contributed by atoms with van der Waals surface area (Å²) in [5.41, 5.74) is -0.558. The quantitative estimate of drug-likeness (QED) is 0.859. The monoisotopic (exact) mass is 252 g/mol. The number of nitrogens with zero attached hydrogens (tertiary/aromatic N) is 4. The topological polar surface area (TPSA) is 71.2 Å². The molecular weight excluding hydrogens is 232 g/mol. The Kier molecular flexibility index (Phi) is 3.38. The zero-order valence-corrected chi connectivity index (χ0v) is 11.1. The summed E-state index contributed by atoms with van der Waals surface area (Å²) in [6.45, 7) is 6.76. The second kappa shape index (κ2) is 4.68. The van der Waals surface area contributed by atoms with Crippen LogP contribution in [0.5, 0.6) is 0 Å². The maximum absolute atomic E-state index is 12.2. The van der Waals surface area contributed by atoms with Crippen LogP contribution in [0, 0.1) is 0 Å². The largest absolute Gasteiger partial charge is 0.384 e. The molecule has 6 nitrogen and oxygen atoms in total. The Labute approximate surface area is 107 Å². The van der Waals surface area contributed by atoms with Gasteiger partial charge in [0, 0.05) is 13.1 Å². The van der Waals surface area contributed by atoms with E-state index in [0.29, 0.717) is 5.69 Å². The van der Waals surface area contributed by atoms with Crippen LogP contribution >= 0.6 is 0 Å². The summed E-state index contributed by atoms with van der Waals surface area (Å²) in [4.78, 5) is 14.0. The molecule has 1 amide bonds. The van der Waals surface area contributed by atoms with Gasteiger partial charge in [-0.1, -0.05) is 5.21 Å². The zero-order chi connectivity index (χ0) is 13.3. The van der Waals surface area contributed by atoms with Crippen molar-refractivity contribution in [1.82, 2.24) is 19.9 Å². The van der Waals surface area contributed by atoms with E-state index in [2.05, 4.69) is 10.3 Å². The fraction of sp³-hybridized carbons (Fsp3) is 0.750. The molecule has 0 radical (unpaired) electrons. The van der Waals surface area contributed by atoms with E-state index in [-0.39, 0.29) is 11.9 Å². The molecule has 6 heteroatoms. The van der Waals surface area contributed by atoms with Crippen LogP contribution in [0.2, 0.25) is 0 Å². The molecular formula is C12H20N4O2. The summed E-state index contributed by atoms with van der Waals surface area (Å²) in [6, 6.07) is -0.369. The van der Waals surface area contributed by atoms with E-state index in [9.17, 15) is 9.90 Å². The molecule has 1 aromatic heterocycles. The van der Waals surface area contributed by atoms with Crippen LogP contribution in [-0.2, 0) is 10.4 Å². The first-order valence-corrected chi connectivity index (χ1v) is 6.33. The van der Waals surface area contributed by atoms with Gasteiger partial charge in [-0.05, 0) is 33.6 Å². The van der Waals surface area contributed by atoms with Crippen molar-refractivity contribution in [2.24, 2.45) is 0 Å². The van der Waals surface area contributed by atoms with Crippen molar-refractivity contribution in [3.8, 4) is 0 Å². The van der Waals surface area contributed by atoms with Crippen LogP contribution in [0.3, 0.4) is 0 Å². The highest BCUT2D eigenvalue weighted by molar-refractivity contribution is 5.80. The lowest BCUT2D eigenvalue weighted by Crippen LogP contribution is -2.34. The second-order valence-corrected chi connectivity index (χ2v) is 5.35. The highest BCUT2D eigenvalue weighted by atomic mass is 16.3. The first kappa shape index (κ1) is 13.0. The molecule has 1 unspecified atom stereocenters. The maximum Gasteiger partial charge on any atom is 0.247 e. The van der Waals surface area contributed by atoms with E-state index in [4.69, 9.17) is 0 Å². The maximum atomic E-state index is 12.2. The molecule has 1 saturated heterocycles. The number of aliphatic hydroxyl groups is 1. The van der Waals surface area contributed by atoms with Gasteiger partial charge in [-0.25, -0.2) is 4.68 Å². The van der Waals surface area contributed by atoms with Crippen LogP contribution in [0.1, 0.15) is 45.3 Å². The Morgan fingerprint density at radius 1 is 1.44 bits per heavy atom. The Morgan fingerprint density at radius 2 is 2.06 bits per heavy atom. The van der Waals surface area contributed by atoms with Crippen molar-refractivity contribution in [3.63, 3.8) is 0 Å². The van der Waals surface area contributed by atoms with E-state index in [1.807, 2.05) is 11.8 Å². The molecule has 2 heterocycles. The molecule has 2 rings (SSSR count). The minimum Gasteiger partial charge on any atom is -0.384 e. The Balaban J connectivity index is 2.11. The third-order valence-electron chi connectivity index (χ3n) is 3.31. The van der Waals surface area contributed by atoms with Crippen molar-refractivity contribution in [2.75, 3.05) is 13.1 Å². The Hall–Kier alpha value is -1.43. The van der Waals surface area contributed by atoms with Gasteiger partial charge in [-0.3, -0.25) is 4.79 Å². The third kappa shape index (κ3) is 2.53. The van der Waals surface area contributed by atoms with Gasteiger partial charge < -0.3 is 10.0 Å². The van der Waals surface area contributed by atoms with E-state index in [1.54, 1.807) is 20.0 Å². The molecule has 0 saturated carbocycles. The standard InChI is InChI=1S/C12H20N4O2/c1-9(11(17)15-6-4-5-7-15)16-8-10(13-14-16)12(2,3)18/h8-9,18H,4-7H2,1-3H3. The van der Waals surface area contributed by atoms with E-state index < -0.39 is 5.60 Å². The zero-order valence-electron chi connectivity index (χ0n) is 11.1. The van der Waals surface area contributed by atoms with Crippen LogP contribution in [-0.4, -0.2) is 44.0 Å². The van der Waals surface area contributed by atoms with E-state index in [0.717, 1.165) is 25.9 Å². The number of likely N-dealkylation sites (tertiary alicyclic amines) is 1. The summed E-state index contributed by atoms with van der Waals surface area (Å²) in [7, 11) is 0. The van der Waals surface area contributed by atoms with Crippen molar-refractivity contribution in [3.05, 3.63) is 11.9 Å². The second-order valence-electron chi connectivity index (χ2n) is 5.35. The summed E-state index contributed by atoms with van der Waals surface area (Å²) >= 11 is 0. The van der Waals surface area contributed by atoms with Crippen LogP contribution < -0.4 is 0 Å². The van der Waals surface area contributed by atoms with Crippen LogP contribution in [0.4, 0.5) is 0 Å². The molecule has 0 bridgehead atoms. The van der Waals surface area contributed by atoms with Gasteiger partial charge in [0.1, 0.15) is 17.3 Å². The van der Waals surface area contributed by atoms with Crippen molar-refractivity contribution in [1.29, 1.82) is 0 Å². The van der Waals surface area contributed by atoms with E-state index >= 15 is 0 Å². The first-order valence-electron chi connectivity index (χ1n) is 6.33. The Bertz CT molecular complexity index is 430. The number of hydrogen-bond acceptors (Lipinski definition) is 4. The molecule has 1 aromatic rings. The number of aromatic nitrogens is 3. The minimum atomic E-state index is -1.03. The lowest BCUT2D eigenvalue weighted by molar-refractivity contribution is -0.133. The normalized spacial score (nSPS) is 18.1. The van der Waals surface area contributed by atoms with Gasteiger partial charge in [0.25, 0.3) is 0 Å². The number of rotatable bonds is 3. The van der Waals surface area contributed by atoms with Crippen molar-refractivity contribution in [2.45, 2.75) is 45.3 Å². The fourth-order valence-corrected chi connectivity index (χ4v) is 2.06. The summed E-state index contributed by atoms with van der Waals surface area (Å²) in [6.07, 6.45) is 3.79. The molecule has 1 atom stereocenters. The number of carbonyl (C=O) groups is 1. The van der Waals surface area contributed by atoms with Gasteiger partial charge in [0.2, 0.25) is 5.91 Å². The molecule has 1 fully saturated rings. The summed E-state index contributed by atoms with van der Waals surface area (Å²) in [5.74, 6) is 0.0692. The van der Waals surface area contributed by atoms with Crippen molar-refractivity contribution >= 4 is 5.91 Å². The van der Waals surface area contributed by atoms with Crippen molar-refractivity contribution < 1.29 is 9.90 Å². The fourth-order valence-electron chi connectivity index (χ4n) is 2.06.